The normalized spacial score (nSPS) is 12.3. The van der Waals surface area contributed by atoms with Crippen LogP contribution >= 0.6 is 0 Å². The van der Waals surface area contributed by atoms with Gasteiger partial charge in [-0.25, -0.2) is 15.0 Å². The molecule has 8 heteroatoms. The van der Waals surface area contributed by atoms with E-state index in [0.29, 0.717) is 18.2 Å². The predicted octanol–water partition coefficient (Wildman–Crippen LogP) is 7.21. The van der Waals surface area contributed by atoms with Gasteiger partial charge in [-0.15, -0.1) is 0 Å². The zero-order valence-electron chi connectivity index (χ0n) is 23.6. The summed E-state index contributed by atoms with van der Waals surface area (Å²) in [5.74, 6) is 1.12. The van der Waals surface area contributed by atoms with Crippen LogP contribution < -0.4 is 5.73 Å². The molecule has 0 saturated carbocycles. The van der Waals surface area contributed by atoms with Crippen LogP contribution in [0.3, 0.4) is 0 Å². The number of fused-ring (bicyclic) bond motifs is 1. The summed E-state index contributed by atoms with van der Waals surface area (Å²) >= 11 is 0. The molecule has 0 atom stereocenters. The Kier molecular flexibility index (Phi) is 7.09. The molecule has 4 aromatic heterocycles. The monoisotopic (exact) mass is 536 g/mol. The van der Waals surface area contributed by atoms with Crippen molar-refractivity contribution in [3.63, 3.8) is 0 Å². The number of nitrogen functional groups attached to an aromatic ring is 1. The van der Waals surface area contributed by atoms with Gasteiger partial charge >= 0.3 is 0 Å². The number of benzene rings is 1. The fraction of sp³-hybridized carbons (Fsp3) is 0.290. The van der Waals surface area contributed by atoms with Gasteiger partial charge in [-0.05, 0) is 78.1 Å². The molecule has 2 N–H and O–H groups in total. The Hall–Kier alpha value is -3.88. The molecule has 39 heavy (non-hydrogen) atoms. The van der Waals surface area contributed by atoms with E-state index in [2.05, 4.69) is 81.1 Å². The highest BCUT2D eigenvalue weighted by atomic mass is 28.4. The molecule has 200 valence electrons. The highest BCUT2D eigenvalue weighted by Gasteiger charge is 2.37. The van der Waals surface area contributed by atoms with Crippen molar-refractivity contribution in [3.8, 4) is 28.5 Å². The van der Waals surface area contributed by atoms with E-state index >= 15 is 0 Å². The molecular weight excluding hydrogens is 500 g/mol. The zero-order valence-corrected chi connectivity index (χ0v) is 24.6. The lowest BCUT2D eigenvalue weighted by Gasteiger charge is -2.36. The first-order valence-corrected chi connectivity index (χ1v) is 16.3. The van der Waals surface area contributed by atoms with E-state index in [1.807, 2.05) is 41.1 Å². The molecule has 0 bridgehead atoms. The Morgan fingerprint density at radius 3 is 2.23 bits per heavy atom. The summed E-state index contributed by atoms with van der Waals surface area (Å²) in [5.41, 5.74) is 13.4. The molecule has 0 aliphatic heterocycles. The second-order valence-corrected chi connectivity index (χ2v) is 16.2. The number of hydrogen-bond acceptors (Lipinski definition) is 6. The maximum atomic E-state index is 6.45. The second kappa shape index (κ2) is 10.4. The minimum atomic E-state index is -1.85. The number of aryl methyl sites for hydroxylation is 1. The minimum Gasteiger partial charge on any atom is -0.413 e. The molecule has 0 aliphatic rings. The Labute approximate surface area is 231 Å². The molecule has 0 amide bonds. The molecular formula is C31H36N6OSi. The van der Waals surface area contributed by atoms with Crippen LogP contribution in [0.2, 0.25) is 18.1 Å². The van der Waals surface area contributed by atoms with E-state index < -0.39 is 8.32 Å². The van der Waals surface area contributed by atoms with Crippen molar-refractivity contribution in [3.05, 3.63) is 84.2 Å². The number of rotatable bonds is 7. The van der Waals surface area contributed by atoms with E-state index in [9.17, 15) is 0 Å². The largest absolute Gasteiger partial charge is 0.413 e. The van der Waals surface area contributed by atoms with Gasteiger partial charge in [0.2, 0.25) is 0 Å². The van der Waals surface area contributed by atoms with E-state index in [-0.39, 0.29) is 5.04 Å². The summed E-state index contributed by atoms with van der Waals surface area (Å²) < 4.78 is 8.49. The zero-order chi connectivity index (χ0) is 27.8. The highest BCUT2D eigenvalue weighted by molar-refractivity contribution is 6.74. The summed E-state index contributed by atoms with van der Waals surface area (Å²) in [6.07, 6.45) is 4.54. The maximum absolute atomic E-state index is 6.45. The smallest absolute Gasteiger partial charge is 0.192 e. The molecule has 0 radical (unpaired) electrons. The number of nitrogens with zero attached hydrogens (tertiary/aromatic N) is 5. The maximum Gasteiger partial charge on any atom is 0.192 e. The van der Waals surface area contributed by atoms with Crippen molar-refractivity contribution < 1.29 is 4.43 Å². The molecule has 0 aliphatic carbocycles. The summed E-state index contributed by atoms with van der Waals surface area (Å²) in [6, 6.07) is 20.3. The molecule has 0 fully saturated rings. The van der Waals surface area contributed by atoms with Crippen molar-refractivity contribution in [1.29, 1.82) is 0 Å². The van der Waals surface area contributed by atoms with Crippen LogP contribution in [0.25, 0.3) is 39.6 Å². The molecule has 4 heterocycles. The third-order valence-corrected chi connectivity index (χ3v) is 12.2. The van der Waals surface area contributed by atoms with Gasteiger partial charge in [0.15, 0.2) is 19.8 Å². The van der Waals surface area contributed by atoms with Gasteiger partial charge in [-0.2, -0.15) is 0 Å². The van der Waals surface area contributed by atoms with Crippen LogP contribution in [-0.2, 0) is 17.5 Å². The predicted molar refractivity (Wildman–Crippen MR) is 161 cm³/mol. The molecule has 5 rings (SSSR count). The second-order valence-electron chi connectivity index (χ2n) is 11.4. The average molecular weight is 537 g/mol. The lowest BCUT2D eigenvalue weighted by molar-refractivity contribution is 0.276. The molecule has 5 aromatic rings. The number of imidazole rings is 1. The molecule has 0 unspecified atom stereocenters. The van der Waals surface area contributed by atoms with Gasteiger partial charge in [0.05, 0.1) is 23.6 Å². The first kappa shape index (κ1) is 26.7. The molecule has 1 aromatic carbocycles. The van der Waals surface area contributed by atoms with Gasteiger partial charge < -0.3 is 10.2 Å². The van der Waals surface area contributed by atoms with Gasteiger partial charge in [0, 0.05) is 18.1 Å². The lowest BCUT2D eigenvalue weighted by atomic mass is 10.2. The number of nitrogens with two attached hydrogens (primary N) is 1. The summed E-state index contributed by atoms with van der Waals surface area (Å²) in [4.78, 5) is 18.9. The van der Waals surface area contributed by atoms with Crippen LogP contribution in [0.15, 0.2) is 73.1 Å². The first-order valence-electron chi connectivity index (χ1n) is 13.4. The van der Waals surface area contributed by atoms with Crippen LogP contribution in [0, 0.1) is 0 Å². The number of hydrogen-bond donors (Lipinski definition) is 1. The van der Waals surface area contributed by atoms with Crippen LogP contribution in [0.1, 0.15) is 38.8 Å². The third-order valence-electron chi connectivity index (χ3n) is 7.68. The quantitative estimate of drug-likeness (QED) is 0.221. The van der Waals surface area contributed by atoms with Gasteiger partial charge in [0.25, 0.3) is 0 Å². The van der Waals surface area contributed by atoms with Crippen molar-refractivity contribution in [2.45, 2.75) is 58.9 Å². The SMILES string of the molecule is CCc1ccc(-c2ccc3nc(-c4cccnc4N)n(-c4ccc(CO[Si](C)(C)C(C)(C)C)cc4)c3n2)nc1. The van der Waals surface area contributed by atoms with E-state index in [0.717, 1.165) is 45.8 Å². The van der Waals surface area contributed by atoms with E-state index in [1.54, 1.807) is 6.20 Å². The van der Waals surface area contributed by atoms with Gasteiger partial charge in [-0.1, -0.05) is 45.9 Å². The van der Waals surface area contributed by atoms with Crippen molar-refractivity contribution in [2.24, 2.45) is 0 Å². The summed E-state index contributed by atoms with van der Waals surface area (Å²) in [6.45, 7) is 14.0. The Bertz CT molecular complexity index is 1600. The standard InChI is InChI=1S/C31H36N6OSi/c1-7-21-12-15-25(34-19-21)26-16-17-27-30(35-26)37(29(36-27)24-9-8-18-33-28(24)32)23-13-10-22(11-14-23)20-38-39(5,6)31(2,3)4/h8-19H,7,20H2,1-6H3,(H2,32,33). The number of pyridine rings is 3. The van der Waals surface area contributed by atoms with Gasteiger partial charge in [-0.3, -0.25) is 9.55 Å². The first-order chi connectivity index (χ1) is 18.6. The topological polar surface area (TPSA) is 91.7 Å². The summed E-state index contributed by atoms with van der Waals surface area (Å²) in [7, 11) is -1.85. The highest BCUT2D eigenvalue weighted by Crippen LogP contribution is 2.37. The van der Waals surface area contributed by atoms with Gasteiger partial charge in [0.1, 0.15) is 11.3 Å². The van der Waals surface area contributed by atoms with E-state index in [4.69, 9.17) is 20.1 Å². The fourth-order valence-electron chi connectivity index (χ4n) is 4.14. The van der Waals surface area contributed by atoms with Crippen molar-refractivity contribution in [1.82, 2.24) is 24.5 Å². The summed E-state index contributed by atoms with van der Waals surface area (Å²) in [5, 5.41) is 0.163. The molecule has 7 nitrogen and oxygen atoms in total. The third kappa shape index (κ3) is 5.35. The Balaban J connectivity index is 1.58. The van der Waals surface area contributed by atoms with E-state index in [1.165, 1.54) is 5.56 Å². The fourth-order valence-corrected chi connectivity index (χ4v) is 5.10. The average Bonchev–Trinajstić information content (AvgIpc) is 3.30. The van der Waals surface area contributed by atoms with Crippen LogP contribution in [0.4, 0.5) is 5.82 Å². The minimum absolute atomic E-state index is 0.163. The van der Waals surface area contributed by atoms with Crippen LogP contribution in [0.5, 0.6) is 0 Å². The molecule has 0 saturated heterocycles. The van der Waals surface area contributed by atoms with Crippen molar-refractivity contribution in [2.75, 3.05) is 5.73 Å². The number of aromatic nitrogens is 5. The Morgan fingerprint density at radius 1 is 0.872 bits per heavy atom. The number of anilines is 1. The van der Waals surface area contributed by atoms with Crippen molar-refractivity contribution >= 4 is 25.3 Å². The Morgan fingerprint density at radius 2 is 1.59 bits per heavy atom. The molecule has 0 spiro atoms. The van der Waals surface area contributed by atoms with Crippen LogP contribution in [-0.4, -0.2) is 32.8 Å². The lowest BCUT2D eigenvalue weighted by Crippen LogP contribution is -2.40.